The quantitative estimate of drug-likeness (QED) is 0.423. The van der Waals surface area contributed by atoms with Crippen LogP contribution in [0.3, 0.4) is 0 Å². The topological polar surface area (TPSA) is 49.9 Å². The van der Waals surface area contributed by atoms with Gasteiger partial charge in [-0.3, -0.25) is 4.98 Å². The van der Waals surface area contributed by atoms with E-state index in [1.807, 2.05) is 24.5 Å². The summed E-state index contributed by atoms with van der Waals surface area (Å²) in [5, 5.41) is 4.77. The van der Waals surface area contributed by atoms with E-state index in [2.05, 4.69) is 64.7 Å². The van der Waals surface area contributed by atoms with Gasteiger partial charge in [-0.05, 0) is 61.7 Å². The largest absolute Gasteiger partial charge is 0.497 e. The van der Waals surface area contributed by atoms with E-state index in [1.165, 1.54) is 35.0 Å². The van der Waals surface area contributed by atoms with Gasteiger partial charge >= 0.3 is 0 Å². The van der Waals surface area contributed by atoms with Crippen LogP contribution in [0.4, 0.5) is 0 Å². The third-order valence-electron chi connectivity index (χ3n) is 6.67. The second kappa shape index (κ2) is 8.56. The molecule has 1 aliphatic rings. The zero-order valence-electron chi connectivity index (χ0n) is 18.2. The van der Waals surface area contributed by atoms with Crippen molar-refractivity contribution in [3.63, 3.8) is 0 Å². The lowest BCUT2D eigenvalue weighted by Crippen LogP contribution is -2.32. The number of aromatic nitrogens is 2. The number of H-pyrrole nitrogens is 1. The Morgan fingerprint density at radius 3 is 2.61 bits per heavy atom. The zero-order valence-corrected chi connectivity index (χ0v) is 18.2. The first-order valence-corrected chi connectivity index (χ1v) is 11.2. The number of pyridine rings is 1. The average Bonchev–Trinajstić information content (AvgIpc) is 3.23. The van der Waals surface area contributed by atoms with Crippen LogP contribution in [0.15, 0.2) is 67.0 Å². The number of fused-ring (bicyclic) bond motifs is 1. The summed E-state index contributed by atoms with van der Waals surface area (Å²) in [5.41, 5.74) is 7.15. The SMILES string of the molecule is COc1ccc2[nH]c(C(C)C3CCCNC3)c(-c3cncc(-c4ccccc4)c3)c2c1. The van der Waals surface area contributed by atoms with Crippen LogP contribution in [0.2, 0.25) is 0 Å². The van der Waals surface area contributed by atoms with E-state index in [0.717, 1.165) is 35.5 Å². The van der Waals surface area contributed by atoms with Gasteiger partial charge in [0.1, 0.15) is 5.75 Å². The summed E-state index contributed by atoms with van der Waals surface area (Å²) in [4.78, 5) is 8.38. The number of hydrogen-bond acceptors (Lipinski definition) is 3. The molecule has 0 aliphatic carbocycles. The minimum atomic E-state index is 0.418. The highest BCUT2D eigenvalue weighted by atomic mass is 16.5. The molecule has 4 nitrogen and oxygen atoms in total. The molecule has 2 atom stereocenters. The van der Waals surface area contributed by atoms with Gasteiger partial charge in [-0.15, -0.1) is 0 Å². The van der Waals surface area contributed by atoms with E-state index < -0.39 is 0 Å². The minimum Gasteiger partial charge on any atom is -0.497 e. The fourth-order valence-corrected chi connectivity index (χ4v) is 4.88. The second-order valence-corrected chi connectivity index (χ2v) is 8.55. The van der Waals surface area contributed by atoms with E-state index in [4.69, 9.17) is 4.74 Å². The Morgan fingerprint density at radius 1 is 1.00 bits per heavy atom. The number of piperidine rings is 1. The van der Waals surface area contributed by atoms with E-state index in [1.54, 1.807) is 7.11 Å². The van der Waals surface area contributed by atoms with Crippen LogP contribution in [0.5, 0.6) is 5.75 Å². The van der Waals surface area contributed by atoms with Crippen molar-refractivity contribution in [2.75, 3.05) is 20.2 Å². The van der Waals surface area contributed by atoms with Crippen LogP contribution in [0.1, 0.15) is 31.4 Å². The number of methoxy groups -OCH3 is 1. The molecule has 31 heavy (non-hydrogen) atoms. The summed E-state index contributed by atoms with van der Waals surface area (Å²) in [6.07, 6.45) is 6.43. The van der Waals surface area contributed by atoms with Gasteiger partial charge in [0.15, 0.2) is 0 Å². The molecule has 0 bridgehead atoms. The highest BCUT2D eigenvalue weighted by Crippen LogP contribution is 2.41. The first-order valence-electron chi connectivity index (χ1n) is 11.2. The number of aromatic amines is 1. The molecule has 0 spiro atoms. The normalized spacial score (nSPS) is 17.5. The van der Waals surface area contributed by atoms with Crippen molar-refractivity contribution in [3.8, 4) is 28.0 Å². The van der Waals surface area contributed by atoms with Crippen LogP contribution in [0, 0.1) is 5.92 Å². The summed E-state index contributed by atoms with van der Waals surface area (Å²) in [5.74, 6) is 1.91. The molecule has 4 heteroatoms. The number of rotatable bonds is 5. The molecule has 0 radical (unpaired) electrons. The van der Waals surface area contributed by atoms with Gasteiger partial charge in [0, 0.05) is 51.6 Å². The Labute approximate surface area is 183 Å². The molecule has 0 saturated carbocycles. The lowest BCUT2D eigenvalue weighted by Gasteiger charge is -2.28. The standard InChI is InChI=1S/C27H29N3O/c1-18(20-9-6-12-28-15-20)27-26(24-14-23(31-2)10-11-25(24)30-27)22-13-21(16-29-17-22)19-7-4-3-5-8-19/h3-5,7-8,10-11,13-14,16-18,20,28,30H,6,9,12,15H2,1-2H3. The Morgan fingerprint density at radius 2 is 1.84 bits per heavy atom. The fraction of sp³-hybridized carbons (Fsp3) is 0.296. The lowest BCUT2D eigenvalue weighted by molar-refractivity contribution is 0.332. The maximum atomic E-state index is 5.55. The van der Waals surface area contributed by atoms with Crippen molar-refractivity contribution in [2.24, 2.45) is 5.92 Å². The van der Waals surface area contributed by atoms with Crippen LogP contribution in [-0.2, 0) is 0 Å². The molecular weight excluding hydrogens is 382 g/mol. The van der Waals surface area contributed by atoms with Gasteiger partial charge in [-0.1, -0.05) is 37.3 Å². The zero-order chi connectivity index (χ0) is 21.2. The predicted molar refractivity (Wildman–Crippen MR) is 128 cm³/mol. The van der Waals surface area contributed by atoms with Crippen LogP contribution < -0.4 is 10.1 Å². The average molecular weight is 412 g/mol. The Balaban J connectivity index is 1.67. The first kappa shape index (κ1) is 19.8. The number of nitrogens with one attached hydrogen (secondary N) is 2. The number of nitrogens with zero attached hydrogens (tertiary/aromatic N) is 1. The third kappa shape index (κ3) is 3.84. The Bertz CT molecular complexity index is 1180. The van der Waals surface area contributed by atoms with Gasteiger partial charge in [0.25, 0.3) is 0 Å². The maximum Gasteiger partial charge on any atom is 0.119 e. The molecule has 3 heterocycles. The van der Waals surface area contributed by atoms with Crippen molar-refractivity contribution in [1.29, 1.82) is 0 Å². The van der Waals surface area contributed by atoms with Gasteiger partial charge in [-0.2, -0.15) is 0 Å². The second-order valence-electron chi connectivity index (χ2n) is 8.55. The molecule has 1 fully saturated rings. The molecule has 4 aromatic rings. The summed E-state index contributed by atoms with van der Waals surface area (Å²) < 4.78 is 5.55. The predicted octanol–water partition coefficient (Wildman–Crippen LogP) is 6.01. The first-order chi connectivity index (χ1) is 15.2. The molecule has 158 valence electrons. The maximum absolute atomic E-state index is 5.55. The van der Waals surface area contributed by atoms with Crippen LogP contribution in [0.25, 0.3) is 33.2 Å². The van der Waals surface area contributed by atoms with Gasteiger partial charge in [-0.25, -0.2) is 0 Å². The molecule has 2 aromatic heterocycles. The molecular formula is C27H29N3O. The highest BCUT2D eigenvalue weighted by molar-refractivity contribution is 5.99. The third-order valence-corrected chi connectivity index (χ3v) is 6.67. The number of ether oxygens (including phenoxy) is 1. The van der Waals surface area contributed by atoms with Crippen LogP contribution >= 0.6 is 0 Å². The smallest absolute Gasteiger partial charge is 0.119 e. The highest BCUT2D eigenvalue weighted by Gasteiger charge is 2.26. The van der Waals surface area contributed by atoms with E-state index >= 15 is 0 Å². The van der Waals surface area contributed by atoms with Crippen molar-refractivity contribution >= 4 is 10.9 Å². The minimum absolute atomic E-state index is 0.418. The molecule has 2 N–H and O–H groups in total. The van der Waals surface area contributed by atoms with Crippen molar-refractivity contribution in [2.45, 2.75) is 25.7 Å². The summed E-state index contributed by atoms with van der Waals surface area (Å²) in [6.45, 7) is 4.56. The number of benzene rings is 2. The monoisotopic (exact) mass is 411 g/mol. The van der Waals surface area contributed by atoms with Gasteiger partial charge < -0.3 is 15.0 Å². The van der Waals surface area contributed by atoms with E-state index in [0.29, 0.717) is 11.8 Å². The number of hydrogen-bond donors (Lipinski definition) is 2. The Hall–Kier alpha value is -3.11. The molecule has 1 saturated heterocycles. The van der Waals surface area contributed by atoms with E-state index in [-0.39, 0.29) is 0 Å². The summed E-state index contributed by atoms with van der Waals surface area (Å²) in [6, 6.07) is 19.0. The van der Waals surface area contributed by atoms with Gasteiger partial charge in [0.05, 0.1) is 7.11 Å². The molecule has 2 aromatic carbocycles. The molecule has 2 unspecified atom stereocenters. The summed E-state index contributed by atoms with van der Waals surface area (Å²) >= 11 is 0. The van der Waals surface area contributed by atoms with Crippen molar-refractivity contribution in [1.82, 2.24) is 15.3 Å². The summed E-state index contributed by atoms with van der Waals surface area (Å²) in [7, 11) is 1.72. The fourth-order valence-electron chi connectivity index (χ4n) is 4.88. The van der Waals surface area contributed by atoms with E-state index in [9.17, 15) is 0 Å². The lowest BCUT2D eigenvalue weighted by atomic mass is 9.83. The van der Waals surface area contributed by atoms with Crippen molar-refractivity contribution in [3.05, 3.63) is 72.7 Å². The molecule has 5 rings (SSSR count). The van der Waals surface area contributed by atoms with Gasteiger partial charge in [0.2, 0.25) is 0 Å². The Kier molecular flexibility index (Phi) is 5.47. The van der Waals surface area contributed by atoms with Crippen LogP contribution in [-0.4, -0.2) is 30.2 Å². The van der Waals surface area contributed by atoms with Crippen molar-refractivity contribution < 1.29 is 4.74 Å². The molecule has 0 amide bonds. The molecule has 1 aliphatic heterocycles.